The Balaban J connectivity index is 1.64. The van der Waals surface area contributed by atoms with Crippen LogP contribution < -0.4 is 5.32 Å². The van der Waals surface area contributed by atoms with E-state index >= 15 is 0 Å². The lowest BCUT2D eigenvalue weighted by atomic mass is 9.93. The second-order valence-corrected chi connectivity index (χ2v) is 8.60. The van der Waals surface area contributed by atoms with E-state index in [9.17, 15) is 9.59 Å². The van der Waals surface area contributed by atoms with E-state index in [1.165, 1.54) is 22.7 Å². The molecule has 2 N–H and O–H groups in total. The van der Waals surface area contributed by atoms with Gasteiger partial charge in [-0.15, -0.1) is 22.7 Å². The normalized spacial score (nSPS) is 16.2. The van der Waals surface area contributed by atoms with Gasteiger partial charge in [-0.3, -0.25) is 9.59 Å². The zero-order chi connectivity index (χ0) is 17.2. The Morgan fingerprint density at radius 2 is 2.08 bits per heavy atom. The lowest BCUT2D eigenvalue weighted by molar-refractivity contribution is -0.139. The van der Waals surface area contributed by atoms with Crippen molar-refractivity contribution in [2.75, 3.05) is 0 Å². The third kappa shape index (κ3) is 4.15. The molecule has 0 unspecified atom stereocenters. The molecule has 0 aromatic carbocycles. The molecule has 0 radical (unpaired) electrons. The highest BCUT2D eigenvalue weighted by atomic mass is 35.5. The largest absolute Gasteiger partial charge is 0.481 e. The van der Waals surface area contributed by atoms with Gasteiger partial charge in [0.05, 0.1) is 33.3 Å². The molecule has 2 aromatic rings. The standard InChI is InChI=1S/C16H17ClN2O3S2/c17-12-4-3-11(24-12)15-18-10(9-23-15)7-13(20)19-16(8-14(21)22)5-1-2-6-16/h3-4,9H,1-2,5-8H2,(H,19,20)(H,21,22). The number of aliphatic carboxylic acids is 1. The summed E-state index contributed by atoms with van der Waals surface area (Å²) in [5.41, 5.74) is 0.101. The molecule has 1 aliphatic rings. The molecule has 2 heterocycles. The van der Waals surface area contributed by atoms with Gasteiger partial charge in [0.25, 0.3) is 0 Å². The van der Waals surface area contributed by atoms with Gasteiger partial charge in [-0.1, -0.05) is 24.4 Å². The number of nitrogens with zero attached hydrogens (tertiary/aromatic N) is 1. The number of hydrogen-bond acceptors (Lipinski definition) is 5. The number of nitrogens with one attached hydrogen (secondary N) is 1. The summed E-state index contributed by atoms with van der Waals surface area (Å²) in [7, 11) is 0. The molecule has 0 spiro atoms. The van der Waals surface area contributed by atoms with E-state index in [1.54, 1.807) is 0 Å². The van der Waals surface area contributed by atoms with Gasteiger partial charge in [0.1, 0.15) is 5.01 Å². The van der Waals surface area contributed by atoms with Crippen LogP contribution in [0.15, 0.2) is 17.5 Å². The Kier molecular flexibility index (Phi) is 5.22. The number of thiophene rings is 1. The summed E-state index contributed by atoms with van der Waals surface area (Å²) in [6.07, 6.45) is 3.49. The van der Waals surface area contributed by atoms with Crippen molar-refractivity contribution in [2.45, 2.75) is 44.1 Å². The molecule has 0 aliphatic heterocycles. The van der Waals surface area contributed by atoms with Crippen molar-refractivity contribution >= 4 is 46.2 Å². The Labute approximate surface area is 152 Å². The molecule has 2 aromatic heterocycles. The molecule has 5 nitrogen and oxygen atoms in total. The maximum atomic E-state index is 12.3. The number of carbonyl (C=O) groups is 2. The van der Waals surface area contributed by atoms with Gasteiger partial charge in [-0.25, -0.2) is 4.98 Å². The van der Waals surface area contributed by atoms with Gasteiger partial charge < -0.3 is 10.4 Å². The molecule has 3 rings (SSSR count). The number of halogens is 1. The lowest BCUT2D eigenvalue weighted by Crippen LogP contribution is -2.48. The summed E-state index contributed by atoms with van der Waals surface area (Å²) < 4.78 is 0.705. The SMILES string of the molecule is O=C(O)CC1(NC(=O)Cc2csc(-c3ccc(Cl)s3)n2)CCCC1. The molecule has 1 amide bonds. The van der Waals surface area contributed by atoms with Crippen LogP contribution in [0.4, 0.5) is 0 Å². The Hall–Kier alpha value is -1.44. The van der Waals surface area contributed by atoms with Crippen molar-refractivity contribution in [1.82, 2.24) is 10.3 Å². The van der Waals surface area contributed by atoms with Crippen molar-refractivity contribution in [1.29, 1.82) is 0 Å². The summed E-state index contributed by atoms with van der Waals surface area (Å²) in [6.45, 7) is 0. The molecule has 0 saturated heterocycles. The first-order valence-electron chi connectivity index (χ1n) is 7.69. The van der Waals surface area contributed by atoms with Crippen molar-refractivity contribution in [3.05, 3.63) is 27.5 Å². The predicted molar refractivity (Wildman–Crippen MR) is 95.7 cm³/mol. The third-order valence-corrected chi connectivity index (χ3v) is 6.42. The summed E-state index contributed by atoms with van der Waals surface area (Å²) in [5.74, 6) is -1.04. The molecule has 8 heteroatoms. The first-order valence-corrected chi connectivity index (χ1v) is 9.76. The van der Waals surface area contributed by atoms with Crippen LogP contribution in [0.25, 0.3) is 9.88 Å². The topological polar surface area (TPSA) is 79.3 Å². The first-order chi connectivity index (χ1) is 11.5. The van der Waals surface area contributed by atoms with Crippen LogP contribution in [0.5, 0.6) is 0 Å². The zero-order valence-corrected chi connectivity index (χ0v) is 15.3. The first kappa shape index (κ1) is 17.4. The van der Waals surface area contributed by atoms with E-state index in [4.69, 9.17) is 16.7 Å². The fourth-order valence-electron chi connectivity index (χ4n) is 3.12. The molecular formula is C16H17ClN2O3S2. The highest BCUT2D eigenvalue weighted by Crippen LogP contribution is 2.34. The van der Waals surface area contributed by atoms with Crippen LogP contribution >= 0.6 is 34.3 Å². The van der Waals surface area contributed by atoms with Gasteiger partial charge >= 0.3 is 5.97 Å². The molecule has 0 atom stereocenters. The Morgan fingerprint density at radius 1 is 1.33 bits per heavy atom. The molecule has 1 saturated carbocycles. The molecule has 1 fully saturated rings. The van der Waals surface area contributed by atoms with E-state index in [1.807, 2.05) is 17.5 Å². The number of carboxylic acids is 1. The van der Waals surface area contributed by atoms with Gasteiger partial charge in [0, 0.05) is 5.38 Å². The molecule has 0 bridgehead atoms. The lowest BCUT2D eigenvalue weighted by Gasteiger charge is -2.28. The number of thiazole rings is 1. The molecule has 1 aliphatic carbocycles. The monoisotopic (exact) mass is 384 g/mol. The number of carboxylic acid groups (broad SMARTS) is 1. The Bertz CT molecular complexity index is 750. The second kappa shape index (κ2) is 7.21. The summed E-state index contributed by atoms with van der Waals surface area (Å²) >= 11 is 8.87. The average Bonchev–Trinajstić information content (AvgIpc) is 3.20. The van der Waals surface area contributed by atoms with Crippen molar-refractivity contribution in [2.24, 2.45) is 0 Å². The van der Waals surface area contributed by atoms with E-state index in [0.717, 1.165) is 35.6 Å². The fourth-order valence-corrected chi connectivity index (χ4v) is 5.06. The summed E-state index contributed by atoms with van der Waals surface area (Å²) in [4.78, 5) is 28.9. The van der Waals surface area contributed by atoms with Crippen LogP contribution in [0.1, 0.15) is 37.8 Å². The average molecular weight is 385 g/mol. The number of carbonyl (C=O) groups excluding carboxylic acids is 1. The van der Waals surface area contributed by atoms with Crippen molar-refractivity contribution in [3.63, 3.8) is 0 Å². The van der Waals surface area contributed by atoms with Gasteiger partial charge in [0.2, 0.25) is 5.91 Å². The number of aromatic nitrogens is 1. The Morgan fingerprint density at radius 3 is 2.71 bits per heavy atom. The highest BCUT2D eigenvalue weighted by molar-refractivity contribution is 7.23. The maximum Gasteiger partial charge on any atom is 0.305 e. The van der Waals surface area contributed by atoms with Gasteiger partial charge in [-0.2, -0.15) is 0 Å². The number of hydrogen-bond donors (Lipinski definition) is 2. The van der Waals surface area contributed by atoms with Crippen molar-refractivity contribution < 1.29 is 14.7 Å². The van der Waals surface area contributed by atoms with Gasteiger partial charge in [0.15, 0.2) is 0 Å². The van der Waals surface area contributed by atoms with E-state index in [0.29, 0.717) is 10.0 Å². The quantitative estimate of drug-likeness (QED) is 0.789. The third-order valence-electron chi connectivity index (χ3n) is 4.13. The van der Waals surface area contributed by atoms with E-state index in [-0.39, 0.29) is 18.7 Å². The molecule has 24 heavy (non-hydrogen) atoms. The predicted octanol–water partition coefficient (Wildman–Crippen LogP) is 3.97. The minimum absolute atomic E-state index is 0.0191. The van der Waals surface area contributed by atoms with E-state index in [2.05, 4.69) is 10.3 Å². The van der Waals surface area contributed by atoms with Gasteiger partial charge in [-0.05, 0) is 25.0 Å². The zero-order valence-electron chi connectivity index (χ0n) is 12.9. The summed E-state index contributed by atoms with van der Waals surface area (Å²) in [6, 6.07) is 3.74. The second-order valence-electron chi connectivity index (χ2n) is 6.03. The van der Waals surface area contributed by atoms with Crippen molar-refractivity contribution in [3.8, 4) is 9.88 Å². The van der Waals surface area contributed by atoms with Crippen LogP contribution in [0.3, 0.4) is 0 Å². The van der Waals surface area contributed by atoms with E-state index < -0.39 is 11.5 Å². The number of rotatable bonds is 6. The van der Waals surface area contributed by atoms with Crippen LogP contribution in [0.2, 0.25) is 4.34 Å². The van der Waals surface area contributed by atoms with Crippen LogP contribution in [-0.4, -0.2) is 27.5 Å². The van der Waals surface area contributed by atoms with Crippen LogP contribution in [0, 0.1) is 0 Å². The minimum Gasteiger partial charge on any atom is -0.481 e. The molecule has 128 valence electrons. The minimum atomic E-state index is -0.872. The molecular weight excluding hydrogens is 368 g/mol. The maximum absolute atomic E-state index is 12.3. The number of amides is 1. The highest BCUT2D eigenvalue weighted by Gasteiger charge is 2.37. The summed E-state index contributed by atoms with van der Waals surface area (Å²) in [5, 5.41) is 14.8. The fraction of sp³-hybridized carbons (Fsp3) is 0.438. The smallest absolute Gasteiger partial charge is 0.305 e. The van der Waals surface area contributed by atoms with Crippen LogP contribution in [-0.2, 0) is 16.0 Å².